The zero-order chi connectivity index (χ0) is 28.5. The van der Waals surface area contributed by atoms with Gasteiger partial charge in [0.05, 0.1) is 28.3 Å². The fourth-order valence-electron chi connectivity index (χ4n) is 5.39. The maximum Gasteiger partial charge on any atom is 0.417 e. The van der Waals surface area contributed by atoms with Gasteiger partial charge in [0.25, 0.3) is 5.91 Å². The normalized spacial score (nSPS) is 19.4. The average Bonchev–Trinajstić information content (AvgIpc) is 3.36. The van der Waals surface area contributed by atoms with Gasteiger partial charge >= 0.3 is 6.18 Å². The number of allylic oxidation sites excluding steroid dienone is 2. The van der Waals surface area contributed by atoms with Gasteiger partial charge in [-0.1, -0.05) is 62.4 Å². The van der Waals surface area contributed by atoms with Gasteiger partial charge in [-0.3, -0.25) is 14.4 Å². The Morgan fingerprint density at radius 1 is 1.08 bits per heavy atom. The summed E-state index contributed by atoms with van der Waals surface area (Å²) in [6.07, 6.45) is -1.72. The minimum Gasteiger partial charge on any atom is -0.369 e. The van der Waals surface area contributed by atoms with E-state index in [4.69, 9.17) is 5.73 Å². The summed E-state index contributed by atoms with van der Waals surface area (Å²) >= 11 is 0. The largest absolute Gasteiger partial charge is 0.417 e. The summed E-state index contributed by atoms with van der Waals surface area (Å²) in [5.41, 5.74) is 4.10. The molecule has 1 aliphatic carbocycles. The predicted octanol–water partition coefficient (Wildman–Crippen LogP) is 4.45. The van der Waals surface area contributed by atoms with Gasteiger partial charge in [0.2, 0.25) is 18.0 Å². The number of alkyl halides is 3. The quantitative estimate of drug-likeness (QED) is 0.507. The van der Waals surface area contributed by atoms with Gasteiger partial charge in [0.1, 0.15) is 0 Å². The summed E-state index contributed by atoms with van der Waals surface area (Å²) in [6.45, 7) is 3.81. The maximum atomic E-state index is 14.0. The molecule has 1 heterocycles. The van der Waals surface area contributed by atoms with Crippen molar-refractivity contribution in [1.29, 1.82) is 0 Å². The number of primary amides is 1. The zero-order valence-electron chi connectivity index (χ0n) is 22.0. The van der Waals surface area contributed by atoms with Crippen LogP contribution < -0.4 is 16.0 Å². The number of carbonyl (C=O) groups excluding carboxylic acids is 3. The second-order valence-corrected chi connectivity index (χ2v) is 10.4. The number of benzene rings is 2. The molecule has 0 saturated heterocycles. The third-order valence-corrected chi connectivity index (χ3v) is 7.42. The Kier molecular flexibility index (Phi) is 7.68. The van der Waals surface area contributed by atoms with E-state index in [-0.39, 0.29) is 30.0 Å². The topological polar surface area (TPSA) is 105 Å². The lowest BCUT2D eigenvalue weighted by Crippen LogP contribution is -2.53. The van der Waals surface area contributed by atoms with Crippen molar-refractivity contribution < 1.29 is 27.6 Å². The van der Waals surface area contributed by atoms with E-state index in [1.54, 1.807) is 36.4 Å². The molecule has 0 radical (unpaired) electrons. The van der Waals surface area contributed by atoms with Gasteiger partial charge in [-0.2, -0.15) is 13.2 Å². The van der Waals surface area contributed by atoms with Crippen LogP contribution in [0.5, 0.6) is 0 Å². The first kappa shape index (κ1) is 28.1. The highest BCUT2D eigenvalue weighted by Gasteiger charge is 2.49. The first-order chi connectivity index (χ1) is 18.4. The molecule has 10 heteroatoms. The lowest BCUT2D eigenvalue weighted by Gasteiger charge is -2.35. The summed E-state index contributed by atoms with van der Waals surface area (Å²) in [7, 11) is 1.48. The highest BCUT2D eigenvalue weighted by Crippen LogP contribution is 2.44. The van der Waals surface area contributed by atoms with E-state index in [0.717, 1.165) is 6.07 Å². The van der Waals surface area contributed by atoms with E-state index in [2.05, 4.69) is 10.3 Å². The number of anilines is 1. The van der Waals surface area contributed by atoms with Crippen molar-refractivity contribution in [2.24, 2.45) is 28.0 Å². The maximum absolute atomic E-state index is 14.0. The van der Waals surface area contributed by atoms with Crippen LogP contribution in [0, 0.1) is 17.3 Å². The van der Waals surface area contributed by atoms with E-state index in [1.807, 2.05) is 13.8 Å². The molecule has 39 heavy (non-hydrogen) atoms. The molecule has 3 amide bonds. The molecule has 206 valence electrons. The molecule has 2 aromatic carbocycles. The van der Waals surface area contributed by atoms with Crippen molar-refractivity contribution in [3.63, 3.8) is 0 Å². The molecule has 3 N–H and O–H groups in total. The minimum absolute atomic E-state index is 0.0204. The van der Waals surface area contributed by atoms with Crippen LogP contribution in [0.1, 0.15) is 49.8 Å². The van der Waals surface area contributed by atoms with Gasteiger partial charge in [0.15, 0.2) is 0 Å². The molecule has 4 rings (SSSR count). The van der Waals surface area contributed by atoms with Crippen LogP contribution in [-0.2, 0) is 20.6 Å². The number of benzodiazepines with no additional fused rings is 1. The van der Waals surface area contributed by atoms with Crippen LogP contribution in [0.25, 0.3) is 0 Å². The number of nitrogens with one attached hydrogen (secondary N) is 1. The number of likely N-dealkylation sites (N-methyl/N-ethyl adjacent to an activating group) is 1. The summed E-state index contributed by atoms with van der Waals surface area (Å²) < 4.78 is 42.0. The minimum atomic E-state index is -4.68. The molecule has 1 aliphatic heterocycles. The number of para-hydroxylation sites is 1. The summed E-state index contributed by atoms with van der Waals surface area (Å²) in [4.78, 5) is 45.7. The second kappa shape index (κ2) is 10.7. The predicted molar refractivity (Wildman–Crippen MR) is 142 cm³/mol. The number of nitrogens with zero attached hydrogens (tertiary/aromatic N) is 2. The Labute approximate surface area is 225 Å². The molecule has 0 saturated carbocycles. The Bertz CT molecular complexity index is 1340. The first-order valence-electron chi connectivity index (χ1n) is 12.7. The number of hydrogen-bond donors (Lipinski definition) is 2. The van der Waals surface area contributed by atoms with Crippen molar-refractivity contribution >= 4 is 29.1 Å². The number of rotatable bonds is 7. The first-order valence-corrected chi connectivity index (χ1v) is 12.7. The number of carbonyl (C=O) groups is 3. The van der Waals surface area contributed by atoms with E-state index >= 15 is 0 Å². The molecular weight excluding hydrogens is 509 g/mol. The fraction of sp³-hybridized carbons (Fsp3) is 0.379. The average molecular weight is 541 g/mol. The van der Waals surface area contributed by atoms with Crippen molar-refractivity contribution in [2.75, 3.05) is 11.9 Å². The SMILES string of the molecule is CC(C)C[C@@H](C(=O)NC1N=C(c2ccccc2C(F)(F)F)c2ccccc2N(C)C1=O)C1(C(N)=O)CC=CC1. The Morgan fingerprint density at radius 2 is 1.67 bits per heavy atom. The van der Waals surface area contributed by atoms with Crippen LogP contribution in [0.4, 0.5) is 18.9 Å². The van der Waals surface area contributed by atoms with Crippen LogP contribution in [0.15, 0.2) is 65.7 Å². The smallest absolute Gasteiger partial charge is 0.369 e. The van der Waals surface area contributed by atoms with Crippen LogP contribution in [0.3, 0.4) is 0 Å². The highest BCUT2D eigenvalue weighted by molar-refractivity contribution is 6.20. The zero-order valence-corrected chi connectivity index (χ0v) is 22.0. The van der Waals surface area contributed by atoms with Crippen molar-refractivity contribution in [3.05, 3.63) is 77.4 Å². The molecule has 2 atom stereocenters. The second-order valence-electron chi connectivity index (χ2n) is 10.4. The molecule has 0 spiro atoms. The number of fused-ring (bicyclic) bond motifs is 1. The van der Waals surface area contributed by atoms with Gasteiger partial charge < -0.3 is 16.0 Å². The lowest BCUT2D eigenvalue weighted by atomic mass is 9.69. The van der Waals surface area contributed by atoms with Crippen molar-refractivity contribution in [2.45, 2.75) is 45.5 Å². The summed E-state index contributed by atoms with van der Waals surface area (Å²) in [5, 5.41) is 2.66. The third-order valence-electron chi connectivity index (χ3n) is 7.42. The van der Waals surface area contributed by atoms with Crippen LogP contribution in [-0.4, -0.2) is 36.6 Å². The molecule has 0 aromatic heterocycles. The van der Waals surface area contributed by atoms with Crippen LogP contribution in [0.2, 0.25) is 0 Å². The highest BCUT2D eigenvalue weighted by atomic mass is 19.4. The summed E-state index contributed by atoms with van der Waals surface area (Å²) in [5.74, 6) is -2.69. The van der Waals surface area contributed by atoms with E-state index < -0.39 is 47.0 Å². The van der Waals surface area contributed by atoms with Crippen LogP contribution >= 0.6 is 0 Å². The molecule has 2 aromatic rings. The van der Waals surface area contributed by atoms with E-state index in [1.165, 1.54) is 30.1 Å². The number of aliphatic imine (C=N–C) groups is 1. The molecule has 0 fully saturated rings. The number of halogens is 3. The fourth-order valence-corrected chi connectivity index (χ4v) is 5.39. The third kappa shape index (κ3) is 5.32. The van der Waals surface area contributed by atoms with Crippen molar-refractivity contribution in [1.82, 2.24) is 5.32 Å². The molecule has 7 nitrogen and oxygen atoms in total. The van der Waals surface area contributed by atoms with Crippen molar-refractivity contribution in [3.8, 4) is 0 Å². The molecule has 1 unspecified atom stereocenters. The monoisotopic (exact) mass is 540 g/mol. The van der Waals surface area contributed by atoms with Gasteiger partial charge in [-0.05, 0) is 37.3 Å². The standard InChI is InChI=1S/C29H31F3N4O3/c1-17(2)16-21(28(27(33)39)14-8-9-15-28)25(37)35-24-26(38)36(3)22-13-7-5-11-19(22)23(34-24)18-10-4-6-12-20(18)29(30,31)32/h4-13,17,21,24H,14-16H2,1-3H3,(H2,33,39)(H,35,37)/t21-,24?/m0/s1. The lowest BCUT2D eigenvalue weighted by molar-refractivity contribution is -0.141. The Morgan fingerprint density at radius 3 is 2.26 bits per heavy atom. The van der Waals surface area contributed by atoms with Gasteiger partial charge in [0, 0.05) is 18.2 Å². The molecular formula is C29H31F3N4O3. The van der Waals surface area contributed by atoms with E-state index in [0.29, 0.717) is 17.7 Å². The summed E-state index contributed by atoms with van der Waals surface area (Å²) in [6, 6.07) is 11.5. The Hall–Kier alpha value is -3.95. The number of hydrogen-bond acceptors (Lipinski definition) is 4. The van der Waals surface area contributed by atoms with Gasteiger partial charge in [-0.15, -0.1) is 0 Å². The molecule has 0 bridgehead atoms. The van der Waals surface area contributed by atoms with Gasteiger partial charge in [-0.25, -0.2) is 4.99 Å². The number of amides is 3. The molecule has 2 aliphatic rings. The van der Waals surface area contributed by atoms with E-state index in [9.17, 15) is 27.6 Å². The Balaban J connectivity index is 1.83. The number of nitrogens with two attached hydrogens (primary N) is 1.